The van der Waals surface area contributed by atoms with Crippen LogP contribution in [0.25, 0.3) is 0 Å². The highest BCUT2D eigenvalue weighted by Gasteiger charge is 1.88. The van der Waals surface area contributed by atoms with Gasteiger partial charge in [0.25, 0.3) is 0 Å². The first-order valence-electron chi connectivity index (χ1n) is 2.77. The van der Waals surface area contributed by atoms with Crippen LogP contribution >= 0.6 is 0 Å². The van der Waals surface area contributed by atoms with Gasteiger partial charge in [-0.3, -0.25) is 0 Å². The normalized spacial score (nSPS) is 9.75. The zero-order chi connectivity index (χ0) is 5.98. The van der Waals surface area contributed by atoms with E-state index in [1.807, 2.05) is 19.5 Å². The molecule has 1 rings (SSSR count). The number of H-pyrrole nitrogens is 1. The van der Waals surface area contributed by atoms with Gasteiger partial charge in [-0.2, -0.15) is 0 Å². The van der Waals surface area contributed by atoms with E-state index in [0.29, 0.717) is 0 Å². The number of aryl methyl sites for hydroxylation is 1. The van der Waals surface area contributed by atoms with Gasteiger partial charge < -0.3 is 4.98 Å². The van der Waals surface area contributed by atoms with Crippen molar-refractivity contribution in [2.75, 3.05) is 0 Å². The van der Waals surface area contributed by atoms with Crippen molar-refractivity contribution >= 4 is 0 Å². The molecule has 1 radical (unpaired) electrons. The van der Waals surface area contributed by atoms with Crippen LogP contribution in [0.15, 0.2) is 12.3 Å². The Labute approximate surface area is 49.7 Å². The van der Waals surface area contributed by atoms with E-state index in [1.165, 1.54) is 11.3 Å². The zero-order valence-electron chi connectivity index (χ0n) is 5.23. The average Bonchev–Trinajstić information content (AvgIpc) is 2.14. The van der Waals surface area contributed by atoms with Crippen molar-refractivity contribution in [3.05, 3.63) is 29.9 Å². The number of hydrogen-bond acceptors (Lipinski definition) is 0. The molecule has 0 unspecified atom stereocenters. The highest BCUT2D eigenvalue weighted by molar-refractivity contribution is 5.19. The molecule has 1 heteroatoms. The molecule has 0 bridgehead atoms. The average molecular weight is 108 g/mol. The Balaban J connectivity index is 2.84. The number of aromatic amines is 1. The lowest BCUT2D eigenvalue weighted by Gasteiger charge is -1.81. The molecule has 0 fully saturated rings. The fourth-order valence-corrected chi connectivity index (χ4v) is 0.692. The molecule has 0 atom stereocenters. The highest BCUT2D eigenvalue weighted by Crippen LogP contribution is 2.01. The first-order chi connectivity index (χ1) is 3.83. The lowest BCUT2D eigenvalue weighted by molar-refractivity contribution is 1.26. The van der Waals surface area contributed by atoms with Crippen LogP contribution in [0.4, 0.5) is 0 Å². The van der Waals surface area contributed by atoms with Crippen molar-refractivity contribution in [3.63, 3.8) is 0 Å². The first kappa shape index (κ1) is 5.42. The smallest absolute Gasteiger partial charge is 0.0185 e. The maximum atomic E-state index is 3.10. The molecular formula is C7H10N. The van der Waals surface area contributed by atoms with Crippen molar-refractivity contribution in [1.29, 1.82) is 0 Å². The minimum Gasteiger partial charge on any atom is -0.364 e. The molecule has 0 aliphatic rings. The van der Waals surface area contributed by atoms with Crippen LogP contribution in [-0.2, 0) is 0 Å². The predicted octanol–water partition coefficient (Wildman–Crippen LogP) is 1.90. The van der Waals surface area contributed by atoms with E-state index in [1.54, 1.807) is 0 Å². The van der Waals surface area contributed by atoms with Gasteiger partial charge in [0.15, 0.2) is 0 Å². The molecule has 1 aromatic heterocycles. The van der Waals surface area contributed by atoms with Crippen LogP contribution in [0, 0.1) is 13.3 Å². The molecule has 0 spiro atoms. The molecule has 1 heterocycles. The molecule has 43 valence electrons. The Kier molecular flexibility index (Phi) is 1.38. The summed E-state index contributed by atoms with van der Waals surface area (Å²) in [6.07, 6.45) is 4.04. The van der Waals surface area contributed by atoms with Gasteiger partial charge in [0.05, 0.1) is 0 Å². The second kappa shape index (κ2) is 2.03. The molecule has 0 aromatic carbocycles. The van der Waals surface area contributed by atoms with Crippen LogP contribution in [0.1, 0.15) is 18.2 Å². The van der Waals surface area contributed by atoms with E-state index >= 15 is 0 Å². The van der Waals surface area contributed by atoms with Crippen molar-refractivity contribution in [3.8, 4) is 0 Å². The SMILES string of the molecule is C[CH]c1cc(C)c[nH]1. The van der Waals surface area contributed by atoms with E-state index in [-0.39, 0.29) is 0 Å². The largest absolute Gasteiger partial charge is 0.364 e. The Hall–Kier alpha value is -0.720. The molecule has 8 heavy (non-hydrogen) atoms. The maximum Gasteiger partial charge on any atom is 0.0185 e. The van der Waals surface area contributed by atoms with Crippen molar-refractivity contribution < 1.29 is 0 Å². The maximum absolute atomic E-state index is 3.10. The first-order valence-corrected chi connectivity index (χ1v) is 2.77. The van der Waals surface area contributed by atoms with Gasteiger partial charge in [-0.1, -0.05) is 6.92 Å². The van der Waals surface area contributed by atoms with Gasteiger partial charge in [0.1, 0.15) is 0 Å². The predicted molar refractivity (Wildman–Crippen MR) is 34.6 cm³/mol. The second-order valence-electron chi connectivity index (χ2n) is 1.92. The number of rotatable bonds is 1. The third kappa shape index (κ3) is 0.915. The topological polar surface area (TPSA) is 15.8 Å². The van der Waals surface area contributed by atoms with E-state index in [2.05, 4.69) is 18.0 Å². The third-order valence-electron chi connectivity index (χ3n) is 1.16. The summed E-state index contributed by atoms with van der Waals surface area (Å²) in [6, 6.07) is 2.11. The summed E-state index contributed by atoms with van der Waals surface area (Å²) >= 11 is 0. The summed E-state index contributed by atoms with van der Waals surface area (Å²) in [5.41, 5.74) is 2.49. The van der Waals surface area contributed by atoms with Crippen LogP contribution in [0.2, 0.25) is 0 Å². The van der Waals surface area contributed by atoms with E-state index in [4.69, 9.17) is 0 Å². The minimum atomic E-state index is 1.20. The Morgan fingerprint density at radius 2 is 2.38 bits per heavy atom. The molecule has 0 aliphatic carbocycles. The molecule has 1 N–H and O–H groups in total. The zero-order valence-corrected chi connectivity index (χ0v) is 5.23. The van der Waals surface area contributed by atoms with Crippen LogP contribution in [-0.4, -0.2) is 4.98 Å². The fraction of sp³-hybridized carbons (Fsp3) is 0.286. The van der Waals surface area contributed by atoms with Gasteiger partial charge in [0, 0.05) is 18.3 Å². The third-order valence-corrected chi connectivity index (χ3v) is 1.16. The van der Waals surface area contributed by atoms with Gasteiger partial charge in [-0.15, -0.1) is 0 Å². The Morgan fingerprint density at radius 1 is 1.62 bits per heavy atom. The summed E-state index contributed by atoms with van der Waals surface area (Å²) in [4.78, 5) is 3.10. The second-order valence-corrected chi connectivity index (χ2v) is 1.92. The molecule has 0 amide bonds. The van der Waals surface area contributed by atoms with Gasteiger partial charge >= 0.3 is 0 Å². The standard InChI is InChI=1S/C7H10N/c1-3-7-4-6(2)5-8-7/h3-5,8H,1-2H3. The van der Waals surface area contributed by atoms with Crippen molar-refractivity contribution in [2.45, 2.75) is 13.8 Å². The summed E-state index contributed by atoms with van der Waals surface area (Å²) in [6.45, 7) is 4.09. The fourth-order valence-electron chi connectivity index (χ4n) is 0.692. The molecular weight excluding hydrogens is 98.1 g/mol. The molecule has 1 nitrogen and oxygen atoms in total. The molecule has 0 saturated carbocycles. The lowest BCUT2D eigenvalue weighted by Crippen LogP contribution is -1.70. The number of nitrogens with one attached hydrogen (secondary N) is 1. The van der Waals surface area contributed by atoms with Gasteiger partial charge in [-0.05, 0) is 18.6 Å². The van der Waals surface area contributed by atoms with Crippen LogP contribution in [0.3, 0.4) is 0 Å². The summed E-state index contributed by atoms with van der Waals surface area (Å²) in [7, 11) is 0. The van der Waals surface area contributed by atoms with Crippen molar-refractivity contribution in [1.82, 2.24) is 4.98 Å². The Morgan fingerprint density at radius 3 is 2.62 bits per heavy atom. The highest BCUT2D eigenvalue weighted by atomic mass is 14.7. The summed E-state index contributed by atoms with van der Waals surface area (Å²) in [5.74, 6) is 0. The lowest BCUT2D eigenvalue weighted by atomic mass is 10.3. The van der Waals surface area contributed by atoms with E-state index < -0.39 is 0 Å². The molecule has 0 saturated heterocycles. The van der Waals surface area contributed by atoms with Gasteiger partial charge in [0.2, 0.25) is 0 Å². The molecule has 1 aromatic rings. The minimum absolute atomic E-state index is 1.20. The summed E-state index contributed by atoms with van der Waals surface area (Å²) < 4.78 is 0. The van der Waals surface area contributed by atoms with Crippen molar-refractivity contribution in [2.24, 2.45) is 0 Å². The number of aromatic nitrogens is 1. The van der Waals surface area contributed by atoms with E-state index in [9.17, 15) is 0 Å². The summed E-state index contributed by atoms with van der Waals surface area (Å²) in [5, 5.41) is 0. The quantitative estimate of drug-likeness (QED) is 0.565. The van der Waals surface area contributed by atoms with E-state index in [0.717, 1.165) is 0 Å². The number of hydrogen-bond donors (Lipinski definition) is 1. The Bertz CT molecular complexity index is 165. The van der Waals surface area contributed by atoms with Crippen LogP contribution in [0.5, 0.6) is 0 Å². The molecule has 0 aliphatic heterocycles. The monoisotopic (exact) mass is 108 g/mol. The van der Waals surface area contributed by atoms with Gasteiger partial charge in [-0.25, -0.2) is 0 Å². The van der Waals surface area contributed by atoms with Crippen LogP contribution < -0.4 is 0 Å².